The number of amides is 1. The number of hydrogen-bond donors (Lipinski definition) is 2. The van der Waals surface area contributed by atoms with Crippen molar-refractivity contribution in [3.05, 3.63) is 29.8 Å². The number of benzene rings is 1. The van der Waals surface area contributed by atoms with Crippen LogP contribution >= 0.6 is 11.8 Å². The van der Waals surface area contributed by atoms with E-state index in [4.69, 9.17) is 0 Å². The summed E-state index contributed by atoms with van der Waals surface area (Å²) in [6.45, 7) is 2.01. The van der Waals surface area contributed by atoms with Crippen LogP contribution in [0.3, 0.4) is 0 Å². The van der Waals surface area contributed by atoms with Crippen LogP contribution in [0.25, 0.3) is 0 Å². The molecule has 1 aromatic carbocycles. The minimum Gasteiger partial charge on any atom is -0.388 e. The Labute approximate surface area is 125 Å². The number of rotatable bonds is 7. The molecule has 0 aromatic heterocycles. The molecule has 0 spiro atoms. The van der Waals surface area contributed by atoms with Crippen molar-refractivity contribution < 1.29 is 9.90 Å². The molecule has 5 heteroatoms. The summed E-state index contributed by atoms with van der Waals surface area (Å²) < 4.78 is 0. The van der Waals surface area contributed by atoms with Gasteiger partial charge in [-0.2, -0.15) is 11.8 Å². The summed E-state index contributed by atoms with van der Waals surface area (Å²) in [5, 5.41) is 12.9. The predicted molar refractivity (Wildman–Crippen MR) is 86.7 cm³/mol. The molecule has 1 rings (SSSR count). The zero-order valence-electron chi connectivity index (χ0n) is 12.6. The predicted octanol–water partition coefficient (Wildman–Crippen LogP) is 1.99. The number of carbonyl (C=O) groups is 1. The molecule has 0 aliphatic carbocycles. The van der Waals surface area contributed by atoms with E-state index < -0.39 is 5.60 Å². The Morgan fingerprint density at radius 1 is 1.45 bits per heavy atom. The zero-order valence-corrected chi connectivity index (χ0v) is 13.5. The third-order valence-electron chi connectivity index (χ3n) is 3.10. The third kappa shape index (κ3) is 5.43. The molecule has 0 radical (unpaired) electrons. The summed E-state index contributed by atoms with van der Waals surface area (Å²) >= 11 is 1.69. The molecule has 0 saturated carbocycles. The van der Waals surface area contributed by atoms with Crippen LogP contribution in [0.2, 0.25) is 0 Å². The van der Waals surface area contributed by atoms with Gasteiger partial charge in [0.25, 0.3) is 5.91 Å². The minimum atomic E-state index is -0.863. The quantitative estimate of drug-likeness (QED) is 0.808. The fourth-order valence-corrected chi connectivity index (χ4v) is 2.35. The summed E-state index contributed by atoms with van der Waals surface area (Å²) in [6, 6.07) is 7.42. The molecule has 0 bridgehead atoms. The molecule has 0 heterocycles. The standard InChI is InChI=1S/C15H24N2O2S/c1-15(19,8-9-20-4)11-16-14(18)12-6-5-7-13(10-12)17(2)3/h5-7,10,19H,8-9,11H2,1-4H3,(H,16,18). The van der Waals surface area contributed by atoms with Gasteiger partial charge in [0.15, 0.2) is 0 Å². The van der Waals surface area contributed by atoms with Gasteiger partial charge < -0.3 is 15.3 Å². The second kappa shape index (κ2) is 7.55. The maximum absolute atomic E-state index is 12.1. The van der Waals surface area contributed by atoms with Crippen molar-refractivity contribution in [2.75, 3.05) is 37.5 Å². The lowest BCUT2D eigenvalue weighted by molar-refractivity contribution is 0.0528. The molecule has 2 N–H and O–H groups in total. The molecule has 112 valence electrons. The summed E-state index contributed by atoms with van der Waals surface area (Å²) in [7, 11) is 3.87. The van der Waals surface area contributed by atoms with E-state index in [1.807, 2.05) is 43.5 Å². The Balaban J connectivity index is 2.61. The van der Waals surface area contributed by atoms with Gasteiger partial charge in [0.2, 0.25) is 0 Å². The number of thioether (sulfide) groups is 1. The topological polar surface area (TPSA) is 52.6 Å². The van der Waals surface area contributed by atoms with Gasteiger partial charge in [-0.15, -0.1) is 0 Å². The molecule has 4 nitrogen and oxygen atoms in total. The van der Waals surface area contributed by atoms with Crippen molar-refractivity contribution in [1.29, 1.82) is 0 Å². The molecule has 1 atom stereocenters. The fraction of sp³-hybridized carbons (Fsp3) is 0.533. The SMILES string of the molecule is CSCCC(C)(O)CNC(=O)c1cccc(N(C)C)c1. The Hall–Kier alpha value is -1.20. The van der Waals surface area contributed by atoms with E-state index in [2.05, 4.69) is 5.32 Å². The van der Waals surface area contributed by atoms with Crippen molar-refractivity contribution in [3.63, 3.8) is 0 Å². The van der Waals surface area contributed by atoms with Gasteiger partial charge in [0.05, 0.1) is 5.60 Å². The second-order valence-electron chi connectivity index (χ2n) is 5.37. The number of nitrogens with zero attached hydrogens (tertiary/aromatic N) is 1. The molecule has 1 amide bonds. The van der Waals surface area contributed by atoms with Crippen molar-refractivity contribution >= 4 is 23.4 Å². The van der Waals surface area contributed by atoms with Crippen molar-refractivity contribution in [2.45, 2.75) is 18.9 Å². The molecule has 0 fully saturated rings. The molecule has 20 heavy (non-hydrogen) atoms. The van der Waals surface area contributed by atoms with E-state index in [1.165, 1.54) is 0 Å². The number of carbonyl (C=O) groups excluding carboxylic acids is 1. The first kappa shape index (κ1) is 16.9. The van der Waals surface area contributed by atoms with E-state index in [-0.39, 0.29) is 12.5 Å². The summed E-state index contributed by atoms with van der Waals surface area (Å²) in [5.74, 6) is 0.719. The Kier molecular flexibility index (Phi) is 6.36. The summed E-state index contributed by atoms with van der Waals surface area (Å²) in [6.07, 6.45) is 2.66. The maximum atomic E-state index is 12.1. The van der Waals surface area contributed by atoms with Gasteiger partial charge in [0, 0.05) is 31.9 Å². The normalized spacial score (nSPS) is 13.7. The lowest BCUT2D eigenvalue weighted by atomic mass is 10.0. The number of nitrogens with one attached hydrogen (secondary N) is 1. The first-order valence-electron chi connectivity index (χ1n) is 6.62. The minimum absolute atomic E-state index is 0.155. The Morgan fingerprint density at radius 3 is 2.75 bits per heavy atom. The van der Waals surface area contributed by atoms with Crippen LogP contribution in [0.4, 0.5) is 5.69 Å². The number of anilines is 1. The monoisotopic (exact) mass is 296 g/mol. The summed E-state index contributed by atoms with van der Waals surface area (Å²) in [5.41, 5.74) is 0.723. The highest BCUT2D eigenvalue weighted by Gasteiger charge is 2.21. The van der Waals surface area contributed by atoms with Gasteiger partial charge in [-0.25, -0.2) is 0 Å². The molecule has 1 aromatic rings. The fourth-order valence-electron chi connectivity index (χ4n) is 1.71. The van der Waals surface area contributed by atoms with E-state index >= 15 is 0 Å². The van der Waals surface area contributed by atoms with Gasteiger partial charge in [-0.3, -0.25) is 4.79 Å². The van der Waals surface area contributed by atoms with Gasteiger partial charge in [-0.1, -0.05) is 6.07 Å². The van der Waals surface area contributed by atoms with Crippen LogP contribution in [0, 0.1) is 0 Å². The highest BCUT2D eigenvalue weighted by atomic mass is 32.2. The lowest BCUT2D eigenvalue weighted by Crippen LogP contribution is -2.41. The largest absolute Gasteiger partial charge is 0.388 e. The molecular weight excluding hydrogens is 272 g/mol. The third-order valence-corrected chi connectivity index (χ3v) is 3.71. The van der Waals surface area contributed by atoms with Crippen LogP contribution in [0.5, 0.6) is 0 Å². The first-order valence-corrected chi connectivity index (χ1v) is 8.02. The Morgan fingerprint density at radius 2 is 2.15 bits per heavy atom. The van der Waals surface area contributed by atoms with Crippen LogP contribution in [0.1, 0.15) is 23.7 Å². The average Bonchev–Trinajstić information content (AvgIpc) is 2.43. The smallest absolute Gasteiger partial charge is 0.251 e. The molecule has 0 aliphatic rings. The summed E-state index contributed by atoms with van der Waals surface area (Å²) in [4.78, 5) is 14.0. The second-order valence-corrected chi connectivity index (χ2v) is 6.35. The molecule has 0 saturated heterocycles. The first-order chi connectivity index (χ1) is 9.35. The lowest BCUT2D eigenvalue weighted by Gasteiger charge is -2.23. The highest BCUT2D eigenvalue weighted by molar-refractivity contribution is 7.98. The van der Waals surface area contributed by atoms with Crippen LogP contribution in [-0.2, 0) is 0 Å². The van der Waals surface area contributed by atoms with E-state index in [9.17, 15) is 9.90 Å². The van der Waals surface area contributed by atoms with Gasteiger partial charge >= 0.3 is 0 Å². The molecule has 1 unspecified atom stereocenters. The van der Waals surface area contributed by atoms with E-state index in [0.717, 1.165) is 11.4 Å². The Bertz CT molecular complexity index is 447. The highest BCUT2D eigenvalue weighted by Crippen LogP contribution is 2.14. The number of aliphatic hydroxyl groups is 1. The molecular formula is C15H24N2O2S. The zero-order chi connectivity index (χ0) is 15.2. The van der Waals surface area contributed by atoms with Crippen molar-refractivity contribution in [2.24, 2.45) is 0 Å². The van der Waals surface area contributed by atoms with Gasteiger partial charge in [0.1, 0.15) is 0 Å². The molecule has 0 aliphatic heterocycles. The van der Waals surface area contributed by atoms with Gasteiger partial charge in [-0.05, 0) is 43.6 Å². The van der Waals surface area contributed by atoms with Crippen LogP contribution in [0.15, 0.2) is 24.3 Å². The van der Waals surface area contributed by atoms with Crippen molar-refractivity contribution in [3.8, 4) is 0 Å². The van der Waals surface area contributed by atoms with E-state index in [1.54, 1.807) is 24.8 Å². The van der Waals surface area contributed by atoms with Crippen LogP contribution in [-0.4, -0.2) is 49.3 Å². The van der Waals surface area contributed by atoms with E-state index in [0.29, 0.717) is 12.0 Å². The van der Waals surface area contributed by atoms with Crippen LogP contribution < -0.4 is 10.2 Å². The van der Waals surface area contributed by atoms with Crippen molar-refractivity contribution in [1.82, 2.24) is 5.32 Å². The maximum Gasteiger partial charge on any atom is 0.251 e. The number of hydrogen-bond acceptors (Lipinski definition) is 4. The average molecular weight is 296 g/mol.